The van der Waals surface area contributed by atoms with Crippen LogP contribution in [-0.4, -0.2) is 61.3 Å². The molecule has 0 aromatic rings. The zero-order chi connectivity index (χ0) is 19.7. The van der Waals surface area contributed by atoms with E-state index in [-0.39, 0.29) is 34.0 Å². The lowest BCUT2D eigenvalue weighted by Crippen LogP contribution is -3.00. The summed E-state index contributed by atoms with van der Waals surface area (Å²) in [5.41, 5.74) is 0. The smallest absolute Gasteiger partial charge is 0.0786 e. The first-order valence-electron chi connectivity index (χ1n) is 12.3. The highest BCUT2D eigenvalue weighted by atomic mass is 79.9. The molecule has 0 spiro atoms. The zero-order valence-corrected chi connectivity index (χ0v) is 23.6. The number of hydrogen-bond acceptors (Lipinski definition) is 0. The van der Waals surface area contributed by atoms with Gasteiger partial charge >= 0.3 is 0 Å². The van der Waals surface area contributed by atoms with Crippen molar-refractivity contribution in [3.05, 3.63) is 0 Å². The summed E-state index contributed by atoms with van der Waals surface area (Å²) in [5.74, 6) is 0. The van der Waals surface area contributed by atoms with Crippen LogP contribution in [0.15, 0.2) is 0 Å². The number of nitrogens with zero attached hydrogens (tertiary/aromatic N) is 2. The molecule has 174 valence electrons. The summed E-state index contributed by atoms with van der Waals surface area (Å²) in [6.07, 6.45) is 14.5. The Balaban J connectivity index is -0.00000312. The molecule has 2 nitrogen and oxygen atoms in total. The van der Waals surface area contributed by atoms with Crippen LogP contribution in [0.2, 0.25) is 0 Å². The number of unbranched alkanes of at least 4 members (excludes halogenated alkanes) is 9. The molecule has 0 aliphatic carbocycles. The standard InChI is InChI=1S/C24H54N2.2BrH/c1-7-25(8-2,9-3)23-21-19-17-15-13-14-16-18-20-22-24-26(10-4,11-5)12-6;;/h7-24H2,1-6H3;2*1H/q+2;;/p-2. The largest absolute Gasteiger partial charge is 1.00 e. The molecule has 0 unspecified atom stereocenters. The summed E-state index contributed by atoms with van der Waals surface area (Å²) < 4.78 is 2.65. The van der Waals surface area contributed by atoms with Crippen LogP contribution in [0.25, 0.3) is 0 Å². The normalized spacial score (nSPS) is 11.8. The van der Waals surface area contributed by atoms with Gasteiger partial charge in [0.25, 0.3) is 0 Å². The maximum Gasteiger partial charge on any atom is 0.0786 e. The molecule has 4 heteroatoms. The van der Waals surface area contributed by atoms with Gasteiger partial charge in [0, 0.05) is 0 Å². The predicted octanol–water partition coefficient (Wildman–Crippen LogP) is 0.648. The van der Waals surface area contributed by atoms with Gasteiger partial charge in [-0.15, -0.1) is 0 Å². The molecule has 0 atom stereocenters. The second-order valence-electron chi connectivity index (χ2n) is 8.56. The Morgan fingerprint density at radius 1 is 0.321 bits per heavy atom. The predicted molar refractivity (Wildman–Crippen MR) is 120 cm³/mol. The third kappa shape index (κ3) is 14.0. The molecule has 0 radical (unpaired) electrons. The maximum atomic E-state index is 2.36. The lowest BCUT2D eigenvalue weighted by atomic mass is 10.1. The molecule has 0 saturated heterocycles. The van der Waals surface area contributed by atoms with Crippen LogP contribution >= 0.6 is 0 Å². The maximum absolute atomic E-state index is 2.36. The van der Waals surface area contributed by atoms with Crippen LogP contribution in [0.3, 0.4) is 0 Å². The van der Waals surface area contributed by atoms with Crippen molar-refractivity contribution in [2.24, 2.45) is 0 Å². The quantitative estimate of drug-likeness (QED) is 0.170. The van der Waals surface area contributed by atoms with E-state index in [1.165, 1.54) is 126 Å². The lowest BCUT2D eigenvalue weighted by Gasteiger charge is -2.35. The number of quaternary nitrogens is 2. The van der Waals surface area contributed by atoms with Crippen molar-refractivity contribution in [2.75, 3.05) is 52.4 Å². The van der Waals surface area contributed by atoms with E-state index in [0.29, 0.717) is 0 Å². The SMILES string of the molecule is CC[N+](CC)(CC)CCCCCCCCCCCC[N+](CC)(CC)CC.[Br-].[Br-]. The van der Waals surface area contributed by atoms with Crippen LogP contribution in [-0.2, 0) is 0 Å². The fourth-order valence-electron chi connectivity index (χ4n) is 4.60. The minimum Gasteiger partial charge on any atom is -1.00 e. The molecule has 0 N–H and O–H groups in total. The molecule has 0 heterocycles. The average Bonchev–Trinajstić information content (AvgIpc) is 2.69. The van der Waals surface area contributed by atoms with Crippen LogP contribution < -0.4 is 34.0 Å². The zero-order valence-electron chi connectivity index (χ0n) is 20.4. The molecule has 0 saturated carbocycles. The van der Waals surface area contributed by atoms with Gasteiger partial charge in [-0.2, -0.15) is 0 Å². The van der Waals surface area contributed by atoms with Crippen molar-refractivity contribution >= 4 is 0 Å². The summed E-state index contributed by atoms with van der Waals surface area (Å²) in [6.45, 7) is 24.8. The van der Waals surface area contributed by atoms with E-state index in [4.69, 9.17) is 0 Å². The minimum atomic E-state index is 0. The first-order chi connectivity index (χ1) is 12.6. The molecule has 0 aliphatic rings. The molecule has 28 heavy (non-hydrogen) atoms. The summed E-state index contributed by atoms with van der Waals surface area (Å²) in [4.78, 5) is 0. The average molecular weight is 531 g/mol. The molecule has 0 aromatic carbocycles. The van der Waals surface area contributed by atoms with Crippen molar-refractivity contribution in [3.8, 4) is 0 Å². The van der Waals surface area contributed by atoms with E-state index >= 15 is 0 Å². The number of hydrogen-bond donors (Lipinski definition) is 0. The van der Waals surface area contributed by atoms with Gasteiger partial charge in [0.05, 0.1) is 52.4 Å². The molecule has 0 amide bonds. The van der Waals surface area contributed by atoms with Crippen LogP contribution in [0, 0.1) is 0 Å². The summed E-state index contributed by atoms with van der Waals surface area (Å²) in [6, 6.07) is 0. The molecule has 0 rings (SSSR count). The van der Waals surface area contributed by atoms with E-state index < -0.39 is 0 Å². The fourth-order valence-corrected chi connectivity index (χ4v) is 4.60. The third-order valence-corrected chi connectivity index (χ3v) is 7.54. The Hall–Kier alpha value is 0.880. The van der Waals surface area contributed by atoms with E-state index in [0.717, 1.165) is 0 Å². The van der Waals surface area contributed by atoms with Gasteiger partial charge in [-0.25, -0.2) is 0 Å². The third-order valence-electron chi connectivity index (χ3n) is 7.54. The Morgan fingerprint density at radius 3 is 0.679 bits per heavy atom. The lowest BCUT2D eigenvalue weighted by molar-refractivity contribution is -0.923. The van der Waals surface area contributed by atoms with Crippen molar-refractivity contribution in [1.29, 1.82) is 0 Å². The van der Waals surface area contributed by atoms with Crippen LogP contribution in [0.4, 0.5) is 0 Å². The van der Waals surface area contributed by atoms with Crippen molar-refractivity contribution in [1.82, 2.24) is 0 Å². The Morgan fingerprint density at radius 2 is 0.500 bits per heavy atom. The first-order valence-corrected chi connectivity index (χ1v) is 12.3. The molecule has 0 fully saturated rings. The highest BCUT2D eigenvalue weighted by molar-refractivity contribution is 4.50. The molecular formula is C24H54Br2N2. The van der Waals surface area contributed by atoms with E-state index in [1.807, 2.05) is 0 Å². The topological polar surface area (TPSA) is 0 Å². The van der Waals surface area contributed by atoms with Gasteiger partial charge in [-0.1, -0.05) is 38.5 Å². The second-order valence-corrected chi connectivity index (χ2v) is 8.56. The van der Waals surface area contributed by atoms with Crippen molar-refractivity contribution in [3.63, 3.8) is 0 Å². The van der Waals surface area contributed by atoms with Crippen molar-refractivity contribution < 1.29 is 42.9 Å². The second kappa shape index (κ2) is 21.1. The first kappa shape index (κ1) is 33.5. The van der Waals surface area contributed by atoms with Gasteiger partial charge in [-0.3, -0.25) is 0 Å². The van der Waals surface area contributed by atoms with E-state index in [9.17, 15) is 0 Å². The van der Waals surface area contributed by atoms with Crippen LogP contribution in [0.5, 0.6) is 0 Å². The highest BCUT2D eigenvalue weighted by Gasteiger charge is 2.20. The molecule has 0 aliphatic heterocycles. The summed E-state index contributed by atoms with van der Waals surface area (Å²) in [5, 5.41) is 0. The van der Waals surface area contributed by atoms with Crippen LogP contribution in [0.1, 0.15) is 106 Å². The Labute approximate surface area is 200 Å². The molecule has 0 aromatic heterocycles. The van der Waals surface area contributed by atoms with E-state index in [2.05, 4.69) is 41.5 Å². The Bertz CT molecular complexity index is 256. The fraction of sp³-hybridized carbons (Fsp3) is 1.00. The monoisotopic (exact) mass is 528 g/mol. The minimum absolute atomic E-state index is 0. The number of rotatable bonds is 19. The van der Waals surface area contributed by atoms with Gasteiger partial charge in [0.15, 0.2) is 0 Å². The molecule has 0 bridgehead atoms. The number of halogens is 2. The van der Waals surface area contributed by atoms with Gasteiger partial charge in [-0.05, 0) is 67.2 Å². The summed E-state index contributed by atoms with van der Waals surface area (Å²) >= 11 is 0. The summed E-state index contributed by atoms with van der Waals surface area (Å²) in [7, 11) is 0. The van der Waals surface area contributed by atoms with Gasteiger partial charge < -0.3 is 42.9 Å². The molecular weight excluding hydrogens is 476 g/mol. The van der Waals surface area contributed by atoms with Gasteiger partial charge in [0.2, 0.25) is 0 Å². The van der Waals surface area contributed by atoms with E-state index in [1.54, 1.807) is 0 Å². The van der Waals surface area contributed by atoms with Gasteiger partial charge in [0.1, 0.15) is 0 Å². The highest BCUT2D eigenvalue weighted by Crippen LogP contribution is 2.15. The van der Waals surface area contributed by atoms with Crippen molar-refractivity contribution in [2.45, 2.75) is 106 Å². The Kier molecular flexibility index (Phi) is 25.3.